The van der Waals surface area contributed by atoms with Gasteiger partial charge in [0.1, 0.15) is 10.7 Å². The highest BCUT2D eigenvalue weighted by atomic mass is 32.2. The van der Waals surface area contributed by atoms with E-state index < -0.39 is 0 Å². The number of amides is 2. The van der Waals surface area contributed by atoms with Gasteiger partial charge in [0.25, 0.3) is 5.91 Å². The van der Waals surface area contributed by atoms with Crippen LogP contribution in [0.5, 0.6) is 0 Å². The zero-order chi connectivity index (χ0) is 18.0. The van der Waals surface area contributed by atoms with Crippen molar-refractivity contribution in [3.63, 3.8) is 0 Å². The van der Waals surface area contributed by atoms with Crippen LogP contribution in [0.3, 0.4) is 0 Å². The molecule has 25 heavy (non-hydrogen) atoms. The van der Waals surface area contributed by atoms with E-state index in [0.29, 0.717) is 23.9 Å². The maximum Gasteiger partial charge on any atom is 0.270 e. The lowest BCUT2D eigenvalue weighted by atomic mass is 10.1. The van der Waals surface area contributed by atoms with Gasteiger partial charge < -0.3 is 10.2 Å². The molecule has 2 amide bonds. The average molecular weight is 376 g/mol. The van der Waals surface area contributed by atoms with Crippen LogP contribution in [0.25, 0.3) is 0 Å². The molecule has 1 aromatic carbocycles. The van der Waals surface area contributed by atoms with Crippen molar-refractivity contribution < 1.29 is 9.59 Å². The summed E-state index contributed by atoms with van der Waals surface area (Å²) in [6.07, 6.45) is 0. The molecular weight excluding hydrogens is 354 g/mol. The minimum atomic E-state index is -0.162. The molecule has 1 atom stereocenters. The summed E-state index contributed by atoms with van der Waals surface area (Å²) in [7, 11) is 0. The number of nitrogens with zero attached hydrogens (tertiary/aromatic N) is 2. The number of nitrogens with one attached hydrogen (secondary N) is 1. The van der Waals surface area contributed by atoms with Crippen molar-refractivity contribution >= 4 is 40.6 Å². The third kappa shape index (κ3) is 4.04. The van der Waals surface area contributed by atoms with E-state index in [1.54, 1.807) is 22.0 Å². The number of fused-ring (bicyclic) bond motifs is 1. The normalized spacial score (nSPS) is 15.2. The molecule has 1 aliphatic heterocycles. The van der Waals surface area contributed by atoms with E-state index in [2.05, 4.69) is 24.1 Å². The van der Waals surface area contributed by atoms with Crippen LogP contribution in [-0.4, -0.2) is 28.6 Å². The third-order valence-corrected chi connectivity index (χ3v) is 6.13. The molecule has 2 aromatic rings. The van der Waals surface area contributed by atoms with Gasteiger partial charge in [-0.05, 0) is 25.0 Å². The molecule has 1 N–H and O–H groups in total. The molecule has 0 spiro atoms. The molecule has 0 fully saturated rings. The first-order valence-corrected chi connectivity index (χ1v) is 10.1. The van der Waals surface area contributed by atoms with Crippen LogP contribution in [0, 0.1) is 5.92 Å². The largest absolute Gasteiger partial charge is 0.348 e. The van der Waals surface area contributed by atoms with Gasteiger partial charge in [0.2, 0.25) is 5.91 Å². The second kappa shape index (κ2) is 7.58. The molecule has 0 saturated heterocycles. The van der Waals surface area contributed by atoms with Crippen molar-refractivity contribution in [2.24, 2.45) is 5.92 Å². The lowest BCUT2D eigenvalue weighted by molar-refractivity contribution is -0.116. The monoisotopic (exact) mass is 375 g/mol. The minimum Gasteiger partial charge on any atom is -0.348 e. The highest BCUT2D eigenvalue weighted by Gasteiger charge is 2.25. The lowest BCUT2D eigenvalue weighted by Crippen LogP contribution is -2.36. The van der Waals surface area contributed by atoms with Gasteiger partial charge in [-0.15, -0.1) is 23.1 Å². The first kappa shape index (κ1) is 17.9. The van der Waals surface area contributed by atoms with E-state index in [9.17, 15) is 9.59 Å². The number of aromatic nitrogens is 1. The standard InChI is InChI=1S/C18H21N3O2S2/c1-11(2)12(3)19-18(23)13-9-25-16(20-13)8-21-14-6-4-5-7-15(14)24-10-17(21)22/h4-7,9,11-12H,8,10H2,1-3H3,(H,19,23). The lowest BCUT2D eigenvalue weighted by Gasteiger charge is -2.28. The number of anilines is 1. The zero-order valence-electron chi connectivity index (χ0n) is 14.5. The van der Waals surface area contributed by atoms with Crippen molar-refractivity contribution in [1.29, 1.82) is 0 Å². The van der Waals surface area contributed by atoms with Gasteiger partial charge >= 0.3 is 0 Å². The van der Waals surface area contributed by atoms with E-state index in [1.807, 2.05) is 31.2 Å². The van der Waals surface area contributed by atoms with Gasteiger partial charge in [-0.25, -0.2) is 4.98 Å². The molecular formula is C18H21N3O2S2. The van der Waals surface area contributed by atoms with Crippen LogP contribution in [-0.2, 0) is 11.3 Å². The highest BCUT2D eigenvalue weighted by Crippen LogP contribution is 2.35. The van der Waals surface area contributed by atoms with Crippen molar-refractivity contribution in [2.45, 2.75) is 38.3 Å². The van der Waals surface area contributed by atoms with Crippen LogP contribution in [0.4, 0.5) is 5.69 Å². The fraction of sp³-hybridized carbons (Fsp3) is 0.389. The van der Waals surface area contributed by atoms with Crippen LogP contribution in [0.1, 0.15) is 36.3 Å². The first-order chi connectivity index (χ1) is 12.0. The summed E-state index contributed by atoms with van der Waals surface area (Å²) in [6.45, 7) is 6.51. The summed E-state index contributed by atoms with van der Waals surface area (Å²) in [4.78, 5) is 31.9. The maximum absolute atomic E-state index is 12.3. The Hall–Kier alpha value is -1.86. The molecule has 5 nitrogen and oxygen atoms in total. The number of rotatable bonds is 5. The van der Waals surface area contributed by atoms with Crippen molar-refractivity contribution in [3.05, 3.63) is 40.3 Å². The van der Waals surface area contributed by atoms with Gasteiger partial charge in [-0.3, -0.25) is 9.59 Å². The number of benzene rings is 1. The summed E-state index contributed by atoms with van der Waals surface area (Å²) < 4.78 is 0. The number of hydrogen-bond acceptors (Lipinski definition) is 5. The van der Waals surface area contributed by atoms with E-state index in [-0.39, 0.29) is 17.9 Å². The maximum atomic E-state index is 12.3. The van der Waals surface area contributed by atoms with E-state index in [0.717, 1.165) is 15.6 Å². The molecule has 0 radical (unpaired) electrons. The minimum absolute atomic E-state index is 0.0679. The highest BCUT2D eigenvalue weighted by molar-refractivity contribution is 8.00. The second-order valence-corrected chi connectivity index (χ2v) is 8.33. The molecule has 3 rings (SSSR count). The summed E-state index contributed by atoms with van der Waals surface area (Å²) in [6, 6.07) is 7.96. The molecule has 132 valence electrons. The third-order valence-electron chi connectivity index (χ3n) is 4.24. The summed E-state index contributed by atoms with van der Waals surface area (Å²) >= 11 is 2.97. The second-order valence-electron chi connectivity index (χ2n) is 6.37. The fourth-order valence-electron chi connectivity index (χ4n) is 2.40. The Balaban J connectivity index is 1.73. The Morgan fingerprint density at radius 1 is 1.32 bits per heavy atom. The number of thioether (sulfide) groups is 1. The van der Waals surface area contributed by atoms with Gasteiger partial charge in [0, 0.05) is 16.3 Å². The molecule has 7 heteroatoms. The first-order valence-electron chi connectivity index (χ1n) is 8.23. The van der Waals surface area contributed by atoms with E-state index in [4.69, 9.17) is 0 Å². The Kier molecular flexibility index (Phi) is 5.44. The van der Waals surface area contributed by atoms with Crippen LogP contribution in [0.15, 0.2) is 34.5 Å². The van der Waals surface area contributed by atoms with Gasteiger partial charge in [0.15, 0.2) is 0 Å². The number of carbonyl (C=O) groups is 2. The number of thiazole rings is 1. The molecule has 2 heterocycles. The van der Waals surface area contributed by atoms with Crippen LogP contribution < -0.4 is 10.2 Å². The topological polar surface area (TPSA) is 62.3 Å². The molecule has 0 bridgehead atoms. The summed E-state index contributed by atoms with van der Waals surface area (Å²) in [5.74, 6) is 0.701. The SMILES string of the molecule is CC(C)C(C)NC(=O)c1csc(CN2C(=O)CSc3ccccc32)n1. The Morgan fingerprint density at radius 2 is 2.08 bits per heavy atom. The summed E-state index contributed by atoms with van der Waals surface area (Å²) in [5.41, 5.74) is 1.33. The molecule has 1 aliphatic rings. The predicted molar refractivity (Wildman–Crippen MR) is 102 cm³/mol. The predicted octanol–water partition coefficient (Wildman–Crippen LogP) is 3.56. The zero-order valence-corrected chi connectivity index (χ0v) is 16.1. The smallest absolute Gasteiger partial charge is 0.270 e. The quantitative estimate of drug-likeness (QED) is 0.868. The fourth-order valence-corrected chi connectivity index (χ4v) is 4.10. The van der Waals surface area contributed by atoms with Crippen molar-refractivity contribution in [1.82, 2.24) is 10.3 Å². The van der Waals surface area contributed by atoms with Gasteiger partial charge in [-0.1, -0.05) is 26.0 Å². The van der Waals surface area contributed by atoms with E-state index >= 15 is 0 Å². The molecule has 0 aliphatic carbocycles. The number of hydrogen-bond donors (Lipinski definition) is 1. The van der Waals surface area contributed by atoms with Crippen molar-refractivity contribution in [3.8, 4) is 0 Å². The molecule has 0 saturated carbocycles. The van der Waals surface area contributed by atoms with Crippen molar-refractivity contribution in [2.75, 3.05) is 10.7 Å². The molecule has 1 aromatic heterocycles. The number of carbonyl (C=O) groups excluding carboxylic acids is 2. The van der Waals surface area contributed by atoms with Crippen LogP contribution in [0.2, 0.25) is 0 Å². The number of para-hydroxylation sites is 1. The van der Waals surface area contributed by atoms with Crippen LogP contribution >= 0.6 is 23.1 Å². The average Bonchev–Trinajstić information content (AvgIpc) is 3.06. The summed E-state index contributed by atoms with van der Waals surface area (Å²) in [5, 5.41) is 5.48. The Labute approximate surface area is 155 Å². The van der Waals surface area contributed by atoms with Gasteiger partial charge in [-0.2, -0.15) is 0 Å². The Morgan fingerprint density at radius 3 is 2.84 bits per heavy atom. The van der Waals surface area contributed by atoms with Gasteiger partial charge in [0.05, 0.1) is 18.0 Å². The molecule has 1 unspecified atom stereocenters. The van der Waals surface area contributed by atoms with E-state index in [1.165, 1.54) is 11.3 Å². The Bertz CT molecular complexity index is 788.